The molecule has 1 unspecified atom stereocenters. The van der Waals surface area contributed by atoms with Crippen molar-refractivity contribution in [2.75, 3.05) is 0 Å². The molecule has 0 aliphatic rings. The topological polar surface area (TPSA) is 67.4 Å². The van der Waals surface area contributed by atoms with Gasteiger partial charge in [0.15, 0.2) is 6.10 Å². The van der Waals surface area contributed by atoms with E-state index in [2.05, 4.69) is 10.9 Å². The molecular weight excluding hydrogens is 304 g/mol. The molecular formula is C19H22N2O3. The second-order valence-corrected chi connectivity index (χ2v) is 5.82. The third-order valence-electron chi connectivity index (χ3n) is 3.74. The number of amides is 2. The fraction of sp³-hybridized carbons (Fsp3) is 0.263. The van der Waals surface area contributed by atoms with Crippen molar-refractivity contribution in [1.82, 2.24) is 10.9 Å². The number of carbonyl (C=O) groups excluding carboxylic acids is 2. The van der Waals surface area contributed by atoms with E-state index < -0.39 is 12.0 Å². The first kappa shape index (κ1) is 17.5. The van der Waals surface area contributed by atoms with Crippen LogP contribution in [0.4, 0.5) is 0 Å². The first-order valence-electron chi connectivity index (χ1n) is 7.77. The van der Waals surface area contributed by atoms with Gasteiger partial charge in [0.25, 0.3) is 11.8 Å². The standard InChI is InChI=1S/C19H22N2O3/c1-12-6-5-7-16(10-12)19(23)21-20-18(22)15(4)24-17-9-8-13(2)14(3)11-17/h5-11,15H,1-4H3,(H,20,22)(H,21,23). The molecule has 5 nitrogen and oxygen atoms in total. The maximum absolute atomic E-state index is 12.1. The van der Waals surface area contributed by atoms with Crippen molar-refractivity contribution in [2.45, 2.75) is 33.8 Å². The number of hydrazine groups is 1. The Labute approximate surface area is 142 Å². The number of hydrogen-bond donors (Lipinski definition) is 2. The average molecular weight is 326 g/mol. The average Bonchev–Trinajstić information content (AvgIpc) is 2.55. The van der Waals surface area contributed by atoms with Gasteiger partial charge in [-0.05, 0) is 63.1 Å². The van der Waals surface area contributed by atoms with Crippen molar-refractivity contribution in [2.24, 2.45) is 0 Å². The van der Waals surface area contributed by atoms with Crippen LogP contribution in [-0.4, -0.2) is 17.9 Å². The van der Waals surface area contributed by atoms with Gasteiger partial charge in [0.1, 0.15) is 5.75 Å². The smallest absolute Gasteiger partial charge is 0.279 e. The molecule has 0 saturated carbocycles. The van der Waals surface area contributed by atoms with E-state index in [9.17, 15) is 9.59 Å². The Morgan fingerprint density at radius 3 is 2.38 bits per heavy atom. The molecule has 2 amide bonds. The quantitative estimate of drug-likeness (QED) is 0.849. The van der Waals surface area contributed by atoms with E-state index in [1.54, 1.807) is 25.1 Å². The monoisotopic (exact) mass is 326 g/mol. The zero-order valence-electron chi connectivity index (χ0n) is 14.3. The molecule has 2 aromatic rings. The van der Waals surface area contributed by atoms with Crippen LogP contribution in [0.2, 0.25) is 0 Å². The van der Waals surface area contributed by atoms with Gasteiger partial charge >= 0.3 is 0 Å². The molecule has 24 heavy (non-hydrogen) atoms. The minimum absolute atomic E-state index is 0.370. The minimum Gasteiger partial charge on any atom is -0.481 e. The SMILES string of the molecule is Cc1cccc(C(=O)NNC(=O)C(C)Oc2ccc(C)c(C)c2)c1. The van der Waals surface area contributed by atoms with Crippen LogP contribution in [0.15, 0.2) is 42.5 Å². The molecule has 0 aliphatic carbocycles. The molecule has 0 radical (unpaired) electrons. The van der Waals surface area contributed by atoms with Gasteiger partial charge in [-0.2, -0.15) is 0 Å². The molecule has 0 saturated heterocycles. The fourth-order valence-electron chi connectivity index (χ4n) is 2.12. The Morgan fingerprint density at radius 2 is 1.71 bits per heavy atom. The third-order valence-corrected chi connectivity index (χ3v) is 3.74. The Balaban J connectivity index is 1.89. The molecule has 0 aromatic heterocycles. The van der Waals surface area contributed by atoms with Crippen molar-refractivity contribution in [3.8, 4) is 5.75 Å². The second kappa shape index (κ2) is 7.64. The number of carbonyl (C=O) groups is 2. The highest BCUT2D eigenvalue weighted by Gasteiger charge is 2.16. The summed E-state index contributed by atoms with van der Waals surface area (Å²) in [6.07, 6.45) is -0.732. The summed E-state index contributed by atoms with van der Waals surface area (Å²) in [5.74, 6) is -0.176. The number of ether oxygens (including phenoxy) is 1. The number of benzene rings is 2. The molecule has 2 aromatic carbocycles. The van der Waals surface area contributed by atoms with Crippen LogP contribution in [0.1, 0.15) is 34.0 Å². The molecule has 5 heteroatoms. The van der Waals surface area contributed by atoms with Crippen LogP contribution < -0.4 is 15.6 Å². The van der Waals surface area contributed by atoms with Gasteiger partial charge in [0.05, 0.1) is 0 Å². The number of nitrogens with one attached hydrogen (secondary N) is 2. The summed E-state index contributed by atoms with van der Waals surface area (Å²) in [6.45, 7) is 7.52. The molecule has 0 heterocycles. The van der Waals surface area contributed by atoms with Crippen molar-refractivity contribution in [3.63, 3.8) is 0 Å². The lowest BCUT2D eigenvalue weighted by molar-refractivity contribution is -0.128. The molecule has 0 fully saturated rings. The van der Waals surface area contributed by atoms with Crippen LogP contribution in [0.3, 0.4) is 0 Å². The van der Waals surface area contributed by atoms with Crippen LogP contribution in [-0.2, 0) is 4.79 Å². The maximum Gasteiger partial charge on any atom is 0.279 e. The van der Waals surface area contributed by atoms with E-state index in [0.29, 0.717) is 11.3 Å². The normalized spacial score (nSPS) is 11.5. The first-order chi connectivity index (χ1) is 11.4. The Bertz CT molecular complexity index is 756. The van der Waals surface area contributed by atoms with Crippen LogP contribution >= 0.6 is 0 Å². The van der Waals surface area contributed by atoms with E-state index in [4.69, 9.17) is 4.74 Å². The van der Waals surface area contributed by atoms with Gasteiger partial charge in [-0.25, -0.2) is 0 Å². The number of hydrogen-bond acceptors (Lipinski definition) is 3. The van der Waals surface area contributed by atoms with Crippen molar-refractivity contribution >= 4 is 11.8 Å². The molecule has 0 aliphatic heterocycles. The van der Waals surface area contributed by atoms with Gasteiger partial charge in [0, 0.05) is 5.56 Å². The zero-order valence-corrected chi connectivity index (χ0v) is 14.3. The highest BCUT2D eigenvalue weighted by atomic mass is 16.5. The van der Waals surface area contributed by atoms with Gasteiger partial charge in [-0.1, -0.05) is 23.8 Å². The van der Waals surface area contributed by atoms with Crippen LogP contribution in [0.5, 0.6) is 5.75 Å². The highest BCUT2D eigenvalue weighted by molar-refractivity contribution is 5.95. The zero-order chi connectivity index (χ0) is 17.7. The largest absolute Gasteiger partial charge is 0.481 e. The minimum atomic E-state index is -0.732. The molecule has 126 valence electrons. The molecule has 2 rings (SSSR count). The van der Waals surface area contributed by atoms with Crippen molar-refractivity contribution in [1.29, 1.82) is 0 Å². The van der Waals surface area contributed by atoms with Gasteiger partial charge in [-0.15, -0.1) is 0 Å². The van der Waals surface area contributed by atoms with E-state index in [1.165, 1.54) is 0 Å². The van der Waals surface area contributed by atoms with Crippen molar-refractivity contribution in [3.05, 3.63) is 64.7 Å². The number of aryl methyl sites for hydroxylation is 3. The molecule has 0 spiro atoms. The Morgan fingerprint density at radius 1 is 0.958 bits per heavy atom. The molecule has 1 atom stereocenters. The summed E-state index contributed by atoms with van der Waals surface area (Å²) in [6, 6.07) is 12.8. The van der Waals surface area contributed by atoms with E-state index in [1.807, 2.05) is 45.0 Å². The highest BCUT2D eigenvalue weighted by Crippen LogP contribution is 2.17. The summed E-state index contributed by atoms with van der Waals surface area (Å²) < 4.78 is 5.61. The summed E-state index contributed by atoms with van der Waals surface area (Å²) in [4.78, 5) is 24.0. The number of rotatable bonds is 4. The fourth-order valence-corrected chi connectivity index (χ4v) is 2.12. The van der Waals surface area contributed by atoms with E-state index in [0.717, 1.165) is 16.7 Å². The second-order valence-electron chi connectivity index (χ2n) is 5.82. The predicted octanol–water partition coefficient (Wildman–Crippen LogP) is 2.84. The van der Waals surface area contributed by atoms with Crippen LogP contribution in [0.25, 0.3) is 0 Å². The maximum atomic E-state index is 12.1. The molecule has 2 N–H and O–H groups in total. The molecule has 0 bridgehead atoms. The third kappa shape index (κ3) is 4.59. The summed E-state index contributed by atoms with van der Waals surface area (Å²) in [5.41, 5.74) is 8.48. The summed E-state index contributed by atoms with van der Waals surface area (Å²) >= 11 is 0. The summed E-state index contributed by atoms with van der Waals surface area (Å²) in [5, 5.41) is 0. The van der Waals surface area contributed by atoms with E-state index >= 15 is 0 Å². The van der Waals surface area contributed by atoms with Gasteiger partial charge in [0.2, 0.25) is 0 Å². The lowest BCUT2D eigenvalue weighted by Gasteiger charge is -2.16. The Kier molecular flexibility index (Phi) is 5.58. The van der Waals surface area contributed by atoms with Gasteiger partial charge < -0.3 is 4.74 Å². The Hall–Kier alpha value is -2.82. The van der Waals surface area contributed by atoms with E-state index in [-0.39, 0.29) is 5.91 Å². The lowest BCUT2D eigenvalue weighted by Crippen LogP contribution is -2.47. The van der Waals surface area contributed by atoms with Crippen LogP contribution in [0, 0.1) is 20.8 Å². The van der Waals surface area contributed by atoms with Gasteiger partial charge in [-0.3, -0.25) is 20.4 Å². The summed E-state index contributed by atoms with van der Waals surface area (Å²) in [7, 11) is 0. The van der Waals surface area contributed by atoms with Crippen molar-refractivity contribution < 1.29 is 14.3 Å². The first-order valence-corrected chi connectivity index (χ1v) is 7.77. The lowest BCUT2D eigenvalue weighted by atomic mass is 10.1. The predicted molar refractivity (Wildman–Crippen MR) is 92.8 cm³/mol.